The number of esters is 2. The monoisotopic (exact) mass is 1830 g/mol. The molecular weight excluding hydrogens is 1710 g/mol. The molecule has 12 bridgehead atoms. The Labute approximate surface area is 778 Å². The molecule has 0 saturated heterocycles. The molecule has 2 aromatic carbocycles. The normalized spacial score (nSPS) is 35.9. The van der Waals surface area contributed by atoms with Gasteiger partial charge in [0.15, 0.2) is 28.9 Å². The molecule has 24 aliphatic carbocycles. The maximum absolute atomic E-state index is 11.9. The molecule has 0 unspecified atom stereocenters. The summed E-state index contributed by atoms with van der Waals surface area (Å²) in [6, 6.07) is 10.4. The van der Waals surface area contributed by atoms with E-state index in [1.54, 1.807) is 12.4 Å². The van der Waals surface area contributed by atoms with Crippen molar-refractivity contribution in [1.29, 1.82) is 0 Å². The molecule has 38 heteroatoms. The number of aromatic nitrogens is 6. The van der Waals surface area contributed by atoms with Gasteiger partial charge in [-0.15, -0.1) is 10.2 Å². The van der Waals surface area contributed by atoms with Crippen LogP contribution in [0.3, 0.4) is 0 Å². The predicted octanol–water partition coefficient (Wildman–Crippen LogP) is 9.04. The van der Waals surface area contributed by atoms with Crippen LogP contribution in [0.2, 0.25) is 0 Å². The standard InChI is InChI=1S/C14H16N4O3.C14H11NO5.3C8H10.C7H4ClNO4.C7H8O.C6H10N4O.2C6H15N.C4H6O3.C2HF3O2.Al.Li.H2S.4H/c1-5(19)3-18-4-6(16-17-18)2-15-14(20)21-13-11-7-8(11)10-9(7)12(10)13;16-14(19-6-3-1-5(2-4-6)15(17)18)20-13-11-7-8(11)10-9(7)12(10)13;1-2-3-5-6(3)8-4(2)7(5)8;2*1-6-7-2-3-8(6)5-4-7;8-7(10)13-6-3-1-5(2-4-6)9(11)12;8-7-5-1-2(5)4-3(1)6(4)7;1-5(11)3-10-4-6(2-7)8-9-10;2*1-4-7(5-2)6-3;1-3(5)7-4(2)6;3-2(4,5)1(6)7;;;;;;;/h4,7-13H,2-3H2,1H3,(H,15,20);1-4,7-13H;3*2-8H,1H3;1-4H;1-8H;4H,2-3,7H2,1H3;2*4-6H2,1-3H3;1-2H3;(H,6,7);;;1H2;;;;/q;;;;;;;;;;;;;+1;;;;;-1. The number of carbonyl (C=O) groups excluding carboxylic acids is 7. The number of carboxylic acid groups (broad SMARTS) is 1. The Hall–Kier alpha value is -8.16. The van der Waals surface area contributed by atoms with Crippen LogP contribution >= 0.6 is 25.1 Å². The molecule has 1 amide bonds. The number of nitrogens with one attached hydrogen (secondary N) is 1. The zero-order valence-electron chi connectivity index (χ0n) is 75.0. The van der Waals surface area contributed by atoms with Crippen LogP contribution in [0.1, 0.15) is 103 Å². The maximum atomic E-state index is 11.9. The average Bonchev–Trinajstić information content (AvgIpc) is 1.42. The van der Waals surface area contributed by atoms with Crippen LogP contribution in [0.15, 0.2) is 110 Å². The molecule has 128 heavy (non-hydrogen) atoms. The van der Waals surface area contributed by atoms with E-state index in [9.17, 15) is 72.1 Å². The molecule has 20 fully saturated rings. The fraction of sp³-hybridized carbons (Fsp3) is 0.644. The number of hydrogen-bond donors (Lipinski definition) is 4. The van der Waals surface area contributed by atoms with Crippen molar-refractivity contribution in [3.8, 4) is 11.5 Å². The minimum atomic E-state index is -5.08. The number of aliphatic hydroxyl groups excluding tert-OH is 1. The molecule has 0 spiro atoms. The molecule has 694 valence electrons. The molecule has 0 atom stereocenters. The molecule has 0 radical (unpaired) electrons. The third kappa shape index (κ3) is 21.9. The van der Waals surface area contributed by atoms with Crippen molar-refractivity contribution >= 4 is 101 Å². The van der Waals surface area contributed by atoms with E-state index in [0.29, 0.717) is 41.6 Å². The number of halogens is 4. The summed E-state index contributed by atoms with van der Waals surface area (Å²) in [5.74, 6) is 25.6. The number of aliphatic carboxylic acids is 1. The van der Waals surface area contributed by atoms with E-state index in [0.717, 1.165) is 118 Å². The molecule has 2 aromatic heterocycles. The summed E-state index contributed by atoms with van der Waals surface area (Å²) in [6.45, 7) is 33.8. The number of nitro benzene ring substituents is 2. The van der Waals surface area contributed by atoms with E-state index in [2.05, 4.69) is 156 Å². The number of nitrogens with two attached hydrogens (primary N) is 1. The number of aliphatic hydroxyl groups is 1. The number of amides is 1. The number of allylic oxidation sites excluding steroid dienone is 8. The van der Waals surface area contributed by atoms with E-state index in [4.69, 9.17) is 41.4 Å². The minimum Gasteiger partial charge on any atom is -1.00 e. The van der Waals surface area contributed by atoms with Gasteiger partial charge in [0.05, 0.1) is 40.6 Å². The van der Waals surface area contributed by atoms with Gasteiger partial charge in [0.2, 0.25) is 0 Å². The van der Waals surface area contributed by atoms with Gasteiger partial charge in [-0.05, 0) is 237 Å². The number of carbonyl (C=O) groups is 8. The molecule has 20 saturated carbocycles. The van der Waals surface area contributed by atoms with E-state index < -0.39 is 45.5 Å². The van der Waals surface area contributed by atoms with Crippen LogP contribution < -0.4 is 39.4 Å². The molecule has 5 N–H and O–H groups in total. The van der Waals surface area contributed by atoms with Crippen LogP contribution in [0, 0.1) is 204 Å². The number of alkyl halides is 3. The van der Waals surface area contributed by atoms with Crippen molar-refractivity contribution in [2.75, 3.05) is 39.3 Å². The number of non-ortho nitro benzene ring substituents is 2. The van der Waals surface area contributed by atoms with Crippen LogP contribution in [-0.2, 0) is 64.4 Å². The number of Topliss-reactive ketones (excluding diaryl/α,β-unsaturated/α-hetero) is 2. The van der Waals surface area contributed by atoms with Crippen LogP contribution in [-0.4, -0.2) is 188 Å². The Kier molecular flexibility index (Phi) is 33.6. The van der Waals surface area contributed by atoms with E-state index in [1.807, 2.05) is 0 Å². The summed E-state index contributed by atoms with van der Waals surface area (Å²) < 4.78 is 59.2. The zero-order chi connectivity index (χ0) is 90.5. The van der Waals surface area contributed by atoms with Crippen molar-refractivity contribution in [3.63, 3.8) is 0 Å². The molecule has 0 aliphatic heterocycles. The molecular formula is C90H122AlClF3LiN12O19S. The second-order valence-electron chi connectivity index (χ2n) is 36.3. The number of carboxylic acids is 1. The number of fused-ring (bicyclic) bond motifs is 4. The summed E-state index contributed by atoms with van der Waals surface area (Å²) >= 11 is 4.92. The Bertz CT molecular complexity index is 4450. The van der Waals surface area contributed by atoms with E-state index in [-0.39, 0.29) is 130 Å². The smallest absolute Gasteiger partial charge is 1.00 e. The number of nitro groups is 2. The number of ketones is 2. The van der Waals surface area contributed by atoms with Crippen molar-refractivity contribution in [3.05, 3.63) is 141 Å². The van der Waals surface area contributed by atoms with E-state index >= 15 is 0 Å². The van der Waals surface area contributed by atoms with Crippen LogP contribution in [0.25, 0.3) is 0 Å². The number of nitrogens with zero attached hydrogens (tertiary/aromatic N) is 10. The van der Waals surface area contributed by atoms with Gasteiger partial charge in [0.1, 0.15) is 42.5 Å². The Balaban J connectivity index is 0.000000162. The third-order valence-electron chi connectivity index (χ3n) is 30.0. The summed E-state index contributed by atoms with van der Waals surface area (Å²) in [4.78, 5) is 108. The van der Waals surface area contributed by atoms with Crippen LogP contribution in [0.4, 0.5) is 38.9 Å². The van der Waals surface area contributed by atoms with Crippen molar-refractivity contribution < 1.29 is 116 Å². The minimum absolute atomic E-state index is 0. The Morgan fingerprint density at radius 2 is 0.805 bits per heavy atom. The molecule has 31 nitrogen and oxygen atoms in total. The maximum Gasteiger partial charge on any atom is 1.00 e. The van der Waals surface area contributed by atoms with Gasteiger partial charge in [0, 0.05) is 79.9 Å². The number of rotatable bonds is 19. The predicted molar refractivity (Wildman–Crippen MR) is 468 cm³/mol. The summed E-state index contributed by atoms with van der Waals surface area (Å²) in [7, 11) is 0. The first kappa shape index (κ1) is 102. The first-order chi connectivity index (χ1) is 59.5. The van der Waals surface area contributed by atoms with E-state index in [1.165, 1.54) is 166 Å². The number of ether oxygens (including phenoxy) is 5. The molecule has 24 aliphatic rings. The zero-order valence-corrected chi connectivity index (χ0v) is 75.7. The van der Waals surface area contributed by atoms with Gasteiger partial charge < -0.3 is 56.2 Å². The first-order valence-corrected chi connectivity index (χ1v) is 44.4. The average molecular weight is 1830 g/mol. The molecule has 4 aromatic rings. The van der Waals surface area contributed by atoms with Gasteiger partial charge in [0.25, 0.3) is 11.4 Å². The van der Waals surface area contributed by atoms with Crippen LogP contribution in [0.5, 0.6) is 11.5 Å². The largest absolute Gasteiger partial charge is 1.00 e. The number of hydrogen-bond acceptors (Lipinski definition) is 25. The van der Waals surface area contributed by atoms with Gasteiger partial charge in [-0.2, -0.15) is 26.7 Å². The summed E-state index contributed by atoms with van der Waals surface area (Å²) in [5.41, 5.74) is 5.53. The summed E-state index contributed by atoms with van der Waals surface area (Å²) in [6.07, 6.45) is 16.1. The van der Waals surface area contributed by atoms with Gasteiger partial charge in [-0.1, -0.05) is 121 Å². The second kappa shape index (κ2) is 42.2. The Morgan fingerprint density at radius 3 is 1.02 bits per heavy atom. The number of alkyl carbamates (subject to hydrolysis) is 1. The molecule has 28 rings (SSSR count). The quantitative estimate of drug-likeness (QED) is 0.00782. The second-order valence-corrected chi connectivity index (χ2v) is 36.6. The fourth-order valence-electron chi connectivity index (χ4n) is 24.2. The van der Waals surface area contributed by atoms with Gasteiger partial charge in [-0.3, -0.25) is 39.4 Å². The van der Waals surface area contributed by atoms with Crippen molar-refractivity contribution in [2.45, 2.75) is 141 Å². The Morgan fingerprint density at radius 1 is 0.508 bits per heavy atom. The van der Waals surface area contributed by atoms with Crippen molar-refractivity contribution in [2.24, 2.45) is 189 Å². The summed E-state index contributed by atoms with van der Waals surface area (Å²) in [5, 5.41) is 55.1. The third-order valence-corrected chi connectivity index (χ3v) is 30.1. The fourth-order valence-corrected chi connectivity index (χ4v) is 24.3. The van der Waals surface area contributed by atoms with Gasteiger partial charge >= 0.3 is 60.6 Å². The topological polar surface area (TPSA) is 415 Å². The van der Waals surface area contributed by atoms with Gasteiger partial charge in [-0.25, -0.2) is 28.5 Å². The number of benzene rings is 2. The first-order valence-electron chi connectivity index (χ1n) is 44.0. The molecule has 2 heterocycles. The van der Waals surface area contributed by atoms with Crippen molar-refractivity contribution in [1.82, 2.24) is 45.1 Å². The SMILES string of the molecule is CC(=O)Cn1cc(CN)nn1.CC(=O)Cn1cc(CNC(=O)OC2C3C4C3C3C2C43)nn1.CC(=O)OC(C)=O.CC1C2C3C2C2C1C32.CC1C2C=CC1C=C2.CC1C2C=CC1C=C2.CCN(CC)CC.CCN(CC)CC.O=C(Cl)Oc1ccc([N+](=O)[O-])cc1.O=C(O)C(F)(F)F.O=C(Oc1ccc([N+](=O)[O-])cc1)OC1C2C3C2C2C1C32.OC1C2C3C2C2C1C32.S.[AlH3].[H-].[Li+].